The second kappa shape index (κ2) is 9.03. The van der Waals surface area contributed by atoms with Gasteiger partial charge in [0, 0.05) is 27.6 Å². The quantitative estimate of drug-likeness (QED) is 0.210. The summed E-state index contributed by atoms with van der Waals surface area (Å²) in [5, 5.41) is 14.0. The van der Waals surface area contributed by atoms with E-state index in [9.17, 15) is 19.7 Å². The van der Waals surface area contributed by atoms with E-state index in [4.69, 9.17) is 9.15 Å². The predicted molar refractivity (Wildman–Crippen MR) is 121 cm³/mol. The number of fused-ring (bicyclic) bond motifs is 1. The van der Waals surface area contributed by atoms with Crippen LogP contribution in [-0.4, -0.2) is 23.2 Å². The summed E-state index contributed by atoms with van der Waals surface area (Å²) in [5.41, 5.74) is 1.04. The first-order valence-corrected chi connectivity index (χ1v) is 10.2. The van der Waals surface area contributed by atoms with E-state index >= 15 is 0 Å². The summed E-state index contributed by atoms with van der Waals surface area (Å²) in [6, 6.07) is 19.2. The maximum absolute atomic E-state index is 13.0. The monoisotopic (exact) mass is 494 g/mol. The first-order chi connectivity index (χ1) is 15.4. The lowest BCUT2D eigenvalue weighted by Crippen LogP contribution is -2.21. The SMILES string of the molecule is O=C(COc1ccc([N+](=O)[O-])cc1)Nc1c(C(=O)c2ccc(Br)cc2)oc2ccccc12. The highest BCUT2D eigenvalue weighted by Crippen LogP contribution is 2.32. The maximum Gasteiger partial charge on any atom is 0.269 e. The minimum Gasteiger partial charge on any atom is -0.484 e. The molecule has 1 amide bonds. The third-order valence-electron chi connectivity index (χ3n) is 4.59. The van der Waals surface area contributed by atoms with Gasteiger partial charge in [0.05, 0.1) is 10.6 Å². The van der Waals surface area contributed by atoms with Crippen LogP contribution >= 0.6 is 15.9 Å². The number of hydrogen-bond acceptors (Lipinski definition) is 6. The summed E-state index contributed by atoms with van der Waals surface area (Å²) >= 11 is 3.33. The van der Waals surface area contributed by atoms with Crippen molar-refractivity contribution in [1.29, 1.82) is 0 Å². The zero-order chi connectivity index (χ0) is 22.7. The van der Waals surface area contributed by atoms with Gasteiger partial charge >= 0.3 is 0 Å². The first kappa shape index (κ1) is 21.3. The van der Waals surface area contributed by atoms with Crippen LogP contribution < -0.4 is 10.1 Å². The van der Waals surface area contributed by atoms with Crippen LogP contribution in [0.3, 0.4) is 0 Å². The number of furan rings is 1. The van der Waals surface area contributed by atoms with Gasteiger partial charge in [0.2, 0.25) is 5.78 Å². The van der Waals surface area contributed by atoms with E-state index in [0.29, 0.717) is 22.3 Å². The summed E-state index contributed by atoms with van der Waals surface area (Å²) < 4.78 is 12.0. The van der Waals surface area contributed by atoms with E-state index < -0.39 is 10.8 Å². The van der Waals surface area contributed by atoms with Crippen molar-refractivity contribution in [1.82, 2.24) is 0 Å². The molecule has 160 valence electrons. The van der Waals surface area contributed by atoms with Gasteiger partial charge in [0.15, 0.2) is 12.4 Å². The molecule has 1 aromatic heterocycles. The molecule has 9 heteroatoms. The molecule has 0 atom stereocenters. The molecule has 8 nitrogen and oxygen atoms in total. The number of rotatable bonds is 7. The van der Waals surface area contributed by atoms with Crippen LogP contribution in [0.15, 0.2) is 81.7 Å². The number of carbonyl (C=O) groups excluding carboxylic acids is 2. The lowest BCUT2D eigenvalue weighted by molar-refractivity contribution is -0.384. The van der Waals surface area contributed by atoms with Crippen molar-refractivity contribution >= 4 is 50.0 Å². The molecule has 0 unspecified atom stereocenters. The topological polar surface area (TPSA) is 112 Å². The van der Waals surface area contributed by atoms with Gasteiger partial charge in [-0.3, -0.25) is 19.7 Å². The van der Waals surface area contributed by atoms with Crippen molar-refractivity contribution in [3.63, 3.8) is 0 Å². The molecule has 0 saturated heterocycles. The van der Waals surface area contributed by atoms with Gasteiger partial charge in [-0.05, 0) is 48.5 Å². The van der Waals surface area contributed by atoms with E-state index in [1.807, 2.05) is 0 Å². The normalized spacial score (nSPS) is 10.7. The molecule has 0 bridgehead atoms. The van der Waals surface area contributed by atoms with Crippen molar-refractivity contribution in [2.75, 3.05) is 11.9 Å². The summed E-state index contributed by atoms with van der Waals surface area (Å²) in [7, 11) is 0. The van der Waals surface area contributed by atoms with Crippen LogP contribution in [-0.2, 0) is 4.79 Å². The van der Waals surface area contributed by atoms with Crippen molar-refractivity contribution in [2.45, 2.75) is 0 Å². The number of carbonyl (C=O) groups is 2. The molecule has 3 aromatic carbocycles. The summed E-state index contributed by atoms with van der Waals surface area (Å²) in [5.74, 6) is -0.578. The molecule has 0 spiro atoms. The standard InChI is InChI=1S/C23H15BrN2O6/c24-15-7-5-14(6-8-15)22(28)23-21(18-3-1-2-4-19(18)32-23)25-20(27)13-31-17-11-9-16(10-12-17)26(29)30/h1-12H,13H2,(H,25,27). The summed E-state index contributed by atoms with van der Waals surface area (Å²) in [6.45, 7) is -0.358. The van der Waals surface area contributed by atoms with Gasteiger partial charge in [-0.25, -0.2) is 0 Å². The van der Waals surface area contributed by atoms with Crippen molar-refractivity contribution < 1.29 is 23.7 Å². The fourth-order valence-electron chi connectivity index (χ4n) is 3.05. The average Bonchev–Trinajstić information content (AvgIpc) is 3.16. The average molecular weight is 495 g/mol. The molecule has 1 heterocycles. The molecular weight excluding hydrogens is 480 g/mol. The fraction of sp³-hybridized carbons (Fsp3) is 0.0435. The number of halogens is 1. The van der Waals surface area contributed by atoms with Crippen LogP contribution in [0.5, 0.6) is 5.75 Å². The Bertz CT molecular complexity index is 1310. The van der Waals surface area contributed by atoms with Crippen molar-refractivity contribution in [3.05, 3.63) is 98.7 Å². The lowest BCUT2D eigenvalue weighted by atomic mass is 10.1. The van der Waals surface area contributed by atoms with Gasteiger partial charge in [-0.1, -0.05) is 28.1 Å². The molecule has 0 aliphatic carbocycles. The number of para-hydroxylation sites is 1. The number of nitro groups is 1. The molecular formula is C23H15BrN2O6. The fourth-order valence-corrected chi connectivity index (χ4v) is 3.31. The number of nitrogens with zero attached hydrogens (tertiary/aromatic N) is 1. The summed E-state index contributed by atoms with van der Waals surface area (Å²) in [4.78, 5) is 35.8. The number of anilines is 1. The van der Waals surface area contributed by atoms with E-state index in [2.05, 4.69) is 21.2 Å². The Morgan fingerprint density at radius 2 is 1.69 bits per heavy atom. The van der Waals surface area contributed by atoms with E-state index in [1.54, 1.807) is 48.5 Å². The molecule has 32 heavy (non-hydrogen) atoms. The maximum atomic E-state index is 13.0. The molecule has 0 saturated carbocycles. The number of ketones is 1. The largest absolute Gasteiger partial charge is 0.484 e. The van der Waals surface area contributed by atoms with E-state index in [0.717, 1.165) is 4.47 Å². The third-order valence-corrected chi connectivity index (χ3v) is 5.12. The molecule has 0 aliphatic rings. The second-order valence-electron chi connectivity index (χ2n) is 6.73. The van der Waals surface area contributed by atoms with Crippen LogP contribution in [0.4, 0.5) is 11.4 Å². The Labute approximate surface area is 190 Å². The Hall–Kier alpha value is -3.98. The van der Waals surface area contributed by atoms with Crippen LogP contribution in [0.2, 0.25) is 0 Å². The Morgan fingerprint density at radius 3 is 2.38 bits per heavy atom. The number of nitrogens with one attached hydrogen (secondary N) is 1. The minimum absolute atomic E-state index is 0.0113. The van der Waals surface area contributed by atoms with Crippen LogP contribution in [0.25, 0.3) is 11.0 Å². The highest BCUT2D eigenvalue weighted by Gasteiger charge is 2.23. The predicted octanol–water partition coefficient (Wildman–Crippen LogP) is 5.35. The Balaban J connectivity index is 1.55. The molecule has 4 aromatic rings. The number of nitro benzene ring substituents is 1. The van der Waals surface area contributed by atoms with Gasteiger partial charge in [-0.2, -0.15) is 0 Å². The smallest absolute Gasteiger partial charge is 0.269 e. The zero-order valence-electron chi connectivity index (χ0n) is 16.4. The van der Waals surface area contributed by atoms with Crippen molar-refractivity contribution in [2.24, 2.45) is 0 Å². The van der Waals surface area contributed by atoms with Gasteiger partial charge < -0.3 is 14.5 Å². The number of benzene rings is 3. The molecule has 0 radical (unpaired) electrons. The molecule has 0 aliphatic heterocycles. The second-order valence-corrected chi connectivity index (χ2v) is 7.64. The Morgan fingerprint density at radius 1 is 1.00 bits per heavy atom. The van der Waals surface area contributed by atoms with Crippen LogP contribution in [0, 0.1) is 10.1 Å². The lowest BCUT2D eigenvalue weighted by Gasteiger charge is -2.08. The highest BCUT2D eigenvalue weighted by molar-refractivity contribution is 9.10. The highest BCUT2D eigenvalue weighted by atomic mass is 79.9. The third kappa shape index (κ3) is 4.52. The van der Waals surface area contributed by atoms with E-state index in [1.165, 1.54) is 24.3 Å². The van der Waals surface area contributed by atoms with Gasteiger partial charge in [-0.15, -0.1) is 0 Å². The number of ether oxygens (including phenoxy) is 1. The van der Waals surface area contributed by atoms with Gasteiger partial charge in [0.1, 0.15) is 11.3 Å². The number of amides is 1. The molecule has 1 N–H and O–H groups in total. The number of non-ortho nitro benzene ring substituents is 1. The minimum atomic E-state index is -0.523. The molecule has 4 rings (SSSR count). The van der Waals surface area contributed by atoms with Gasteiger partial charge in [0.25, 0.3) is 11.6 Å². The van der Waals surface area contributed by atoms with Crippen molar-refractivity contribution in [3.8, 4) is 5.75 Å². The first-order valence-electron chi connectivity index (χ1n) is 9.41. The Kier molecular flexibility index (Phi) is 6.00. The summed E-state index contributed by atoms with van der Waals surface area (Å²) in [6.07, 6.45) is 0. The molecule has 0 fully saturated rings. The van der Waals surface area contributed by atoms with Crippen LogP contribution in [0.1, 0.15) is 16.1 Å². The zero-order valence-corrected chi connectivity index (χ0v) is 18.0. The number of hydrogen-bond donors (Lipinski definition) is 1. The van der Waals surface area contributed by atoms with E-state index in [-0.39, 0.29) is 29.5 Å².